The number of amides is 5. The smallest absolute Gasteiger partial charge is 0.243 e. The monoisotopic (exact) mass is 771 g/mol. The first-order valence-corrected chi connectivity index (χ1v) is 19.3. The lowest BCUT2D eigenvalue weighted by molar-refractivity contribution is -0.128. The van der Waals surface area contributed by atoms with Crippen LogP contribution < -0.4 is 37.6 Å². The fourth-order valence-electron chi connectivity index (χ4n) is 6.75. The van der Waals surface area contributed by atoms with Crippen LogP contribution in [0.15, 0.2) is 84.0 Å². The lowest BCUT2D eigenvalue weighted by Gasteiger charge is -2.30. The van der Waals surface area contributed by atoms with Gasteiger partial charge in [-0.15, -0.1) is 0 Å². The molecule has 14 nitrogen and oxygen atoms in total. The molecule has 8 N–H and O–H groups in total. The van der Waals surface area contributed by atoms with Crippen molar-refractivity contribution in [3.05, 3.63) is 108 Å². The van der Waals surface area contributed by atoms with E-state index in [1.807, 2.05) is 54.6 Å². The molecule has 2 aromatic carbocycles. The Morgan fingerprint density at radius 3 is 2.32 bits per heavy atom. The van der Waals surface area contributed by atoms with E-state index in [4.69, 9.17) is 14.9 Å². The van der Waals surface area contributed by atoms with Gasteiger partial charge in [0.15, 0.2) is 0 Å². The van der Waals surface area contributed by atoms with Gasteiger partial charge in [0.05, 0.1) is 31.9 Å². The molecule has 0 spiro atoms. The predicted molar refractivity (Wildman–Crippen MR) is 213 cm³/mol. The van der Waals surface area contributed by atoms with Crippen LogP contribution in [-0.2, 0) is 61.1 Å². The van der Waals surface area contributed by atoms with Gasteiger partial charge < -0.3 is 46.8 Å². The molecule has 0 radical (unpaired) electrons. The van der Waals surface area contributed by atoms with Gasteiger partial charge in [-0.2, -0.15) is 0 Å². The molecule has 14 heteroatoms. The molecule has 5 amide bonds. The Kier molecular flexibility index (Phi) is 18.3. The van der Waals surface area contributed by atoms with Gasteiger partial charge in [0.25, 0.3) is 0 Å². The normalized spacial score (nSPS) is 16.2. The largest absolute Gasteiger partial charge is 0.469 e. The van der Waals surface area contributed by atoms with Crippen LogP contribution >= 0.6 is 0 Å². The number of rotatable bonds is 23. The molecule has 1 aromatic heterocycles. The Morgan fingerprint density at radius 1 is 0.857 bits per heavy atom. The quantitative estimate of drug-likeness (QED) is 0.0555. The van der Waals surface area contributed by atoms with Crippen LogP contribution in [0.25, 0.3) is 0 Å². The molecule has 3 aromatic rings. The Balaban J connectivity index is 1.38. The van der Waals surface area contributed by atoms with E-state index in [1.54, 1.807) is 19.3 Å². The van der Waals surface area contributed by atoms with Crippen LogP contribution in [0.3, 0.4) is 0 Å². The Bertz CT molecular complexity index is 1720. The van der Waals surface area contributed by atoms with Crippen molar-refractivity contribution in [1.29, 1.82) is 0 Å². The number of hydrogen-bond donors (Lipinski definition) is 7. The second kappa shape index (κ2) is 23.6. The van der Waals surface area contributed by atoms with E-state index in [9.17, 15) is 24.0 Å². The fourth-order valence-corrected chi connectivity index (χ4v) is 6.75. The van der Waals surface area contributed by atoms with Crippen molar-refractivity contribution in [3.8, 4) is 0 Å². The minimum atomic E-state index is -0.893. The molecule has 0 bridgehead atoms. The second-order valence-corrected chi connectivity index (χ2v) is 14.1. The molecule has 2 atom stereocenters. The summed E-state index contributed by atoms with van der Waals surface area (Å²) >= 11 is 0. The van der Waals surface area contributed by atoms with E-state index in [1.165, 1.54) is 6.08 Å². The lowest BCUT2D eigenvalue weighted by atomic mass is 9.85. The van der Waals surface area contributed by atoms with Gasteiger partial charge in [-0.3, -0.25) is 24.0 Å². The van der Waals surface area contributed by atoms with Gasteiger partial charge in [0, 0.05) is 52.0 Å². The van der Waals surface area contributed by atoms with Gasteiger partial charge in [-0.25, -0.2) is 0 Å². The van der Waals surface area contributed by atoms with E-state index in [0.717, 1.165) is 42.4 Å². The first-order valence-electron chi connectivity index (χ1n) is 19.3. The molecule has 1 aliphatic rings. The first-order chi connectivity index (χ1) is 27.1. The molecule has 4 rings (SSSR count). The topological polar surface area (TPSA) is 206 Å². The van der Waals surface area contributed by atoms with Crippen molar-refractivity contribution in [3.63, 3.8) is 0 Å². The third-order valence-electron chi connectivity index (χ3n) is 9.67. The number of benzene rings is 2. The van der Waals surface area contributed by atoms with E-state index >= 15 is 0 Å². The lowest BCUT2D eigenvalue weighted by Crippen LogP contribution is -2.49. The number of furan rings is 1. The first kappa shape index (κ1) is 43.4. The molecule has 0 aliphatic heterocycles. The van der Waals surface area contributed by atoms with E-state index in [2.05, 4.69) is 38.5 Å². The maximum atomic E-state index is 13.6. The summed E-state index contributed by atoms with van der Waals surface area (Å²) in [7, 11) is 0. The molecule has 56 heavy (non-hydrogen) atoms. The van der Waals surface area contributed by atoms with E-state index in [-0.39, 0.29) is 74.7 Å². The Morgan fingerprint density at radius 2 is 1.61 bits per heavy atom. The number of ether oxygens (including phenoxy) is 1. The summed E-state index contributed by atoms with van der Waals surface area (Å²) in [5, 5.41) is 18.0. The standard InChI is InChI=1S/C42H57N7O7/c1-3-39(51)46-27-32-9-6-8-31(22-32)23-38(42(54)44-18-21-55-20-17-43)49-40(52)24-33-10-4-5-11-34(33)28-47-41(53)37(25-36-12-7-19-56-36)45-26-30-13-15-35(16-14-30)48-29(2)50/h3-12,19,22,30,35,37-38,45H,1,13-18,20-21,23-28,43H2,2H3,(H,44,54)(H,46,51)(H,47,53)(H,48,50)(H,49,52)/t30-,35+,37-,38-/m0/s1. The van der Waals surface area contributed by atoms with Crippen LogP contribution in [0.2, 0.25) is 0 Å². The van der Waals surface area contributed by atoms with Crippen LogP contribution in [-0.4, -0.2) is 80.5 Å². The zero-order valence-electron chi connectivity index (χ0n) is 32.3. The van der Waals surface area contributed by atoms with E-state index < -0.39 is 12.1 Å². The van der Waals surface area contributed by atoms with Gasteiger partial charge in [-0.1, -0.05) is 55.1 Å². The molecule has 1 aliphatic carbocycles. The van der Waals surface area contributed by atoms with Crippen LogP contribution in [0, 0.1) is 5.92 Å². The fraction of sp³-hybridized carbons (Fsp3) is 0.452. The van der Waals surface area contributed by atoms with Gasteiger partial charge in [0.1, 0.15) is 11.8 Å². The maximum absolute atomic E-state index is 13.6. The molecule has 0 unspecified atom stereocenters. The average molecular weight is 772 g/mol. The summed E-state index contributed by atoms with van der Waals surface area (Å²) in [5.41, 5.74) is 8.61. The SMILES string of the molecule is C=CC(=O)NCc1cccc(C[C@H](NC(=O)Cc2ccccc2CNC(=O)[C@H](Cc2ccco2)NC[C@H]2CC[C@@H](NC(C)=O)CC2)C(=O)NCCOCCN)c1. The Labute approximate surface area is 329 Å². The van der Waals surface area contributed by atoms with Crippen molar-refractivity contribution >= 4 is 29.5 Å². The minimum absolute atomic E-state index is 0.0108. The van der Waals surface area contributed by atoms with Crippen LogP contribution in [0.5, 0.6) is 0 Å². The third-order valence-corrected chi connectivity index (χ3v) is 9.67. The van der Waals surface area contributed by atoms with Crippen molar-refractivity contribution in [1.82, 2.24) is 31.9 Å². The zero-order valence-corrected chi connectivity index (χ0v) is 32.3. The summed E-state index contributed by atoms with van der Waals surface area (Å²) < 4.78 is 11.0. The minimum Gasteiger partial charge on any atom is -0.469 e. The highest BCUT2D eigenvalue weighted by atomic mass is 16.5. The van der Waals surface area contributed by atoms with E-state index in [0.29, 0.717) is 43.4 Å². The second-order valence-electron chi connectivity index (χ2n) is 14.1. The van der Waals surface area contributed by atoms with Crippen molar-refractivity contribution < 1.29 is 33.1 Å². The van der Waals surface area contributed by atoms with Crippen LogP contribution in [0.1, 0.15) is 60.6 Å². The van der Waals surface area contributed by atoms with Crippen molar-refractivity contribution in [2.75, 3.05) is 32.8 Å². The molecular weight excluding hydrogens is 715 g/mol. The molecule has 0 saturated heterocycles. The van der Waals surface area contributed by atoms with Crippen LogP contribution in [0.4, 0.5) is 0 Å². The average Bonchev–Trinajstić information content (AvgIpc) is 3.71. The molecular formula is C42H57N7O7. The Hall–Kier alpha value is -5.31. The zero-order chi connectivity index (χ0) is 40.1. The summed E-state index contributed by atoms with van der Waals surface area (Å²) in [4.78, 5) is 63.8. The summed E-state index contributed by atoms with van der Waals surface area (Å²) in [6, 6.07) is 17.2. The summed E-state index contributed by atoms with van der Waals surface area (Å²) in [6.07, 6.45) is 7.08. The number of carbonyl (C=O) groups is 5. The predicted octanol–water partition coefficient (Wildman–Crippen LogP) is 1.96. The number of carbonyl (C=O) groups excluding carboxylic acids is 5. The highest BCUT2D eigenvalue weighted by molar-refractivity contribution is 5.89. The van der Waals surface area contributed by atoms with Crippen molar-refractivity contribution in [2.45, 2.75) is 83.1 Å². The molecule has 1 heterocycles. The summed E-state index contributed by atoms with van der Waals surface area (Å²) in [5.74, 6) is -0.141. The molecule has 1 saturated carbocycles. The number of hydrogen-bond acceptors (Lipinski definition) is 9. The number of nitrogens with two attached hydrogens (primary N) is 1. The molecule has 302 valence electrons. The molecule has 1 fully saturated rings. The van der Waals surface area contributed by atoms with Crippen molar-refractivity contribution in [2.24, 2.45) is 11.7 Å². The third kappa shape index (κ3) is 15.4. The van der Waals surface area contributed by atoms with Gasteiger partial charge >= 0.3 is 0 Å². The highest BCUT2D eigenvalue weighted by Gasteiger charge is 2.26. The maximum Gasteiger partial charge on any atom is 0.243 e. The van der Waals surface area contributed by atoms with Gasteiger partial charge in [-0.05, 0) is 78.6 Å². The highest BCUT2D eigenvalue weighted by Crippen LogP contribution is 2.24. The summed E-state index contributed by atoms with van der Waals surface area (Å²) in [6.45, 7) is 7.42. The number of nitrogens with one attached hydrogen (secondary N) is 6. The van der Waals surface area contributed by atoms with Gasteiger partial charge in [0.2, 0.25) is 29.5 Å².